The third kappa shape index (κ3) is 4.97. The number of ether oxygens (including phenoxy) is 1. The molecule has 2 aromatic heterocycles. The maximum Gasteiger partial charge on any atom is 0.282 e. The van der Waals surface area contributed by atoms with E-state index < -0.39 is 5.82 Å². The minimum Gasteiger partial charge on any atom is -0.434 e. The number of halogens is 1. The number of aromatic nitrogens is 4. The van der Waals surface area contributed by atoms with Crippen molar-refractivity contribution < 1.29 is 13.9 Å². The number of nitrogens with zero attached hydrogens (tertiary/aromatic N) is 7. The van der Waals surface area contributed by atoms with Crippen molar-refractivity contribution >= 4 is 11.7 Å². The molecule has 0 radical (unpaired) electrons. The summed E-state index contributed by atoms with van der Waals surface area (Å²) >= 11 is 0. The third-order valence-corrected chi connectivity index (χ3v) is 8.86. The Morgan fingerprint density at radius 2 is 1.95 bits per heavy atom. The van der Waals surface area contributed by atoms with Gasteiger partial charge in [-0.1, -0.05) is 0 Å². The van der Waals surface area contributed by atoms with Gasteiger partial charge in [-0.2, -0.15) is 5.26 Å². The smallest absolute Gasteiger partial charge is 0.282 e. The second kappa shape index (κ2) is 10.3. The summed E-state index contributed by atoms with van der Waals surface area (Å²) in [7, 11) is 0. The molecule has 11 heteroatoms. The van der Waals surface area contributed by atoms with Gasteiger partial charge in [-0.25, -0.2) is 14.4 Å². The maximum atomic E-state index is 14.5. The van der Waals surface area contributed by atoms with Crippen molar-refractivity contribution in [2.45, 2.75) is 50.5 Å². The average molecular weight is 555 g/mol. The molecule has 1 atom stereocenters. The molecule has 210 valence electrons. The average Bonchev–Trinajstić information content (AvgIpc) is 3.69. The van der Waals surface area contributed by atoms with E-state index in [0.717, 1.165) is 82.5 Å². The van der Waals surface area contributed by atoms with Gasteiger partial charge in [-0.05, 0) is 75.4 Å². The summed E-state index contributed by atoms with van der Waals surface area (Å²) in [6, 6.07) is 9.91. The first-order chi connectivity index (χ1) is 20.0. The fraction of sp³-hybridized carbons (Fsp3) is 0.467. The predicted octanol–water partition coefficient (Wildman–Crippen LogP) is 3.79. The number of nitriles is 1. The summed E-state index contributed by atoms with van der Waals surface area (Å²) in [5, 5.41) is 20.9. The second-order valence-electron chi connectivity index (χ2n) is 11.7. The standard InChI is InChI=1S/C30H31FN8O2/c31-20-5-8-25(23(14-20)22-7-6-21(15-32)36-26(22)19-3-4-19)41-28-27(34-18-35-37-28)39-16-30(17-39)9-12-38(13-10-30)29(40)24-2-1-11-33-24/h5-8,14,18-19,24,33H,1-4,9-13,16-17H2/t24-/m0/s1. The molecule has 4 aliphatic rings. The van der Waals surface area contributed by atoms with E-state index >= 15 is 0 Å². The van der Waals surface area contributed by atoms with Crippen molar-refractivity contribution in [1.82, 2.24) is 30.4 Å². The van der Waals surface area contributed by atoms with Crippen molar-refractivity contribution in [2.24, 2.45) is 5.41 Å². The molecule has 0 bridgehead atoms. The fourth-order valence-corrected chi connectivity index (χ4v) is 6.43. The lowest BCUT2D eigenvalue weighted by molar-refractivity contribution is -0.135. The molecule has 1 N–H and O–H groups in total. The van der Waals surface area contributed by atoms with Crippen LogP contribution in [-0.2, 0) is 4.79 Å². The van der Waals surface area contributed by atoms with E-state index in [1.165, 1.54) is 18.5 Å². The number of pyridine rings is 1. The molecule has 1 spiro atoms. The van der Waals surface area contributed by atoms with Crippen LogP contribution < -0.4 is 15.0 Å². The SMILES string of the molecule is N#Cc1ccc(-c2cc(F)ccc2Oc2nncnc2N2CC3(CCN(C(=O)[C@@H]4CCCN4)CC3)C2)c(C2CC2)n1. The zero-order chi connectivity index (χ0) is 28.0. The number of hydrogen-bond donors (Lipinski definition) is 1. The zero-order valence-corrected chi connectivity index (χ0v) is 22.7. The third-order valence-electron chi connectivity index (χ3n) is 8.86. The molecule has 5 heterocycles. The van der Waals surface area contributed by atoms with Crippen molar-refractivity contribution in [2.75, 3.05) is 37.6 Å². The lowest BCUT2D eigenvalue weighted by Gasteiger charge is -2.54. The molecule has 1 aromatic carbocycles. The van der Waals surface area contributed by atoms with E-state index in [4.69, 9.17) is 4.74 Å². The van der Waals surface area contributed by atoms with Gasteiger partial charge in [0.05, 0.1) is 11.7 Å². The van der Waals surface area contributed by atoms with Crippen LogP contribution in [0.3, 0.4) is 0 Å². The normalized spacial score (nSPS) is 21.4. The summed E-state index contributed by atoms with van der Waals surface area (Å²) in [6.07, 6.45) is 7.27. The quantitative estimate of drug-likeness (QED) is 0.485. The number of carbonyl (C=O) groups excluding carboxylic acids is 1. The number of anilines is 1. The van der Waals surface area contributed by atoms with Crippen LogP contribution in [0, 0.1) is 22.6 Å². The Hall–Kier alpha value is -4.17. The maximum absolute atomic E-state index is 14.5. The van der Waals surface area contributed by atoms with Crippen LogP contribution in [0.2, 0.25) is 0 Å². The molecule has 7 rings (SSSR count). The number of rotatable bonds is 6. The highest BCUT2D eigenvalue weighted by atomic mass is 19.1. The van der Waals surface area contributed by atoms with Gasteiger partial charge in [0, 0.05) is 48.6 Å². The van der Waals surface area contributed by atoms with Gasteiger partial charge in [-0.3, -0.25) is 4.79 Å². The Labute approximate surface area is 237 Å². The first-order valence-corrected chi connectivity index (χ1v) is 14.4. The highest BCUT2D eigenvalue weighted by molar-refractivity contribution is 5.82. The number of amides is 1. The molecule has 1 amide bonds. The summed E-state index contributed by atoms with van der Waals surface area (Å²) < 4.78 is 20.8. The Morgan fingerprint density at radius 1 is 1.12 bits per heavy atom. The van der Waals surface area contributed by atoms with Crippen LogP contribution in [0.4, 0.5) is 10.2 Å². The van der Waals surface area contributed by atoms with E-state index in [0.29, 0.717) is 22.8 Å². The minimum absolute atomic E-state index is 0.0227. The lowest BCUT2D eigenvalue weighted by atomic mass is 9.72. The molecule has 1 saturated carbocycles. The van der Waals surface area contributed by atoms with Gasteiger partial charge in [-0.15, -0.1) is 10.2 Å². The van der Waals surface area contributed by atoms with E-state index in [2.05, 4.69) is 36.5 Å². The van der Waals surface area contributed by atoms with E-state index in [1.54, 1.807) is 12.1 Å². The van der Waals surface area contributed by atoms with Gasteiger partial charge in [0.2, 0.25) is 5.91 Å². The molecule has 10 nitrogen and oxygen atoms in total. The van der Waals surface area contributed by atoms with Gasteiger partial charge in [0.1, 0.15) is 29.7 Å². The van der Waals surface area contributed by atoms with Crippen LogP contribution in [0.25, 0.3) is 11.1 Å². The lowest BCUT2D eigenvalue weighted by Crippen LogP contribution is -2.62. The van der Waals surface area contributed by atoms with Crippen molar-refractivity contribution in [3.8, 4) is 28.8 Å². The molecule has 3 aromatic rings. The molecule has 41 heavy (non-hydrogen) atoms. The zero-order valence-electron chi connectivity index (χ0n) is 22.7. The van der Waals surface area contributed by atoms with Gasteiger partial charge in [0.15, 0.2) is 5.82 Å². The van der Waals surface area contributed by atoms with Crippen molar-refractivity contribution in [1.29, 1.82) is 5.26 Å². The molecule has 0 unspecified atom stereocenters. The largest absolute Gasteiger partial charge is 0.434 e. The molecular formula is C30H31FN8O2. The van der Waals surface area contributed by atoms with Crippen LogP contribution in [-0.4, -0.2) is 69.7 Å². The fourth-order valence-electron chi connectivity index (χ4n) is 6.43. The first-order valence-electron chi connectivity index (χ1n) is 14.4. The van der Waals surface area contributed by atoms with Gasteiger partial charge >= 0.3 is 0 Å². The summed E-state index contributed by atoms with van der Waals surface area (Å²) in [4.78, 5) is 26.0. The molecule has 3 aliphatic heterocycles. The van der Waals surface area contributed by atoms with Crippen LogP contribution in [0.15, 0.2) is 36.7 Å². The van der Waals surface area contributed by atoms with E-state index in [-0.39, 0.29) is 29.2 Å². The van der Waals surface area contributed by atoms with Crippen molar-refractivity contribution in [3.05, 3.63) is 53.9 Å². The van der Waals surface area contributed by atoms with Crippen LogP contribution >= 0.6 is 0 Å². The molecule has 1 aliphatic carbocycles. The number of likely N-dealkylation sites (tertiary alicyclic amines) is 1. The number of nitrogens with one attached hydrogen (secondary N) is 1. The molecular weight excluding hydrogens is 523 g/mol. The number of benzene rings is 1. The Kier molecular flexibility index (Phi) is 6.50. The number of hydrogen-bond acceptors (Lipinski definition) is 9. The summed E-state index contributed by atoms with van der Waals surface area (Å²) in [6.45, 7) is 4.07. The molecule has 4 fully saturated rings. The highest BCUT2D eigenvalue weighted by Crippen LogP contribution is 2.47. The number of piperidine rings is 1. The highest BCUT2D eigenvalue weighted by Gasteiger charge is 2.47. The van der Waals surface area contributed by atoms with Gasteiger partial charge in [0.25, 0.3) is 5.88 Å². The first kappa shape index (κ1) is 25.8. The monoisotopic (exact) mass is 554 g/mol. The Bertz CT molecular complexity index is 1520. The Morgan fingerprint density at radius 3 is 2.68 bits per heavy atom. The van der Waals surface area contributed by atoms with Crippen molar-refractivity contribution in [3.63, 3.8) is 0 Å². The minimum atomic E-state index is -0.394. The molecule has 3 saturated heterocycles. The van der Waals surface area contributed by atoms with E-state index in [9.17, 15) is 14.4 Å². The van der Waals surface area contributed by atoms with Crippen LogP contribution in [0.1, 0.15) is 55.8 Å². The summed E-state index contributed by atoms with van der Waals surface area (Å²) in [5.41, 5.74) is 2.56. The van der Waals surface area contributed by atoms with Gasteiger partial charge < -0.3 is 19.9 Å². The topological polar surface area (TPSA) is 120 Å². The Balaban J connectivity index is 1.09. The summed E-state index contributed by atoms with van der Waals surface area (Å²) in [5.74, 6) is 1.36. The second-order valence-corrected chi connectivity index (χ2v) is 11.7. The number of carbonyl (C=O) groups is 1. The van der Waals surface area contributed by atoms with E-state index in [1.807, 2.05) is 11.0 Å². The van der Waals surface area contributed by atoms with Crippen LogP contribution in [0.5, 0.6) is 11.6 Å². The predicted molar refractivity (Wildman–Crippen MR) is 148 cm³/mol.